The second kappa shape index (κ2) is 6.24. The SMILES string of the molecule is CC[C@@H](O)CNC(=O)c1cc(NC(C)C)n[nH]1. The topological polar surface area (TPSA) is 90.0 Å². The standard InChI is InChI=1S/C11H20N4O2/c1-4-8(16)6-12-11(17)9-5-10(15-14-9)13-7(2)3/h5,7-8,16H,4,6H2,1-3H3,(H,12,17)(H2,13,14,15)/t8-/m1/s1. The Morgan fingerprint density at radius 2 is 2.29 bits per heavy atom. The van der Waals surface area contributed by atoms with Crippen molar-refractivity contribution in [2.24, 2.45) is 0 Å². The summed E-state index contributed by atoms with van der Waals surface area (Å²) in [7, 11) is 0. The van der Waals surface area contributed by atoms with Crippen LogP contribution >= 0.6 is 0 Å². The van der Waals surface area contributed by atoms with E-state index in [0.29, 0.717) is 17.9 Å². The summed E-state index contributed by atoms with van der Waals surface area (Å²) in [6.07, 6.45) is 0.110. The van der Waals surface area contributed by atoms with Gasteiger partial charge in [-0.15, -0.1) is 0 Å². The molecule has 0 aliphatic rings. The molecule has 1 aromatic heterocycles. The largest absolute Gasteiger partial charge is 0.391 e. The first kappa shape index (κ1) is 13.5. The molecule has 6 heteroatoms. The lowest BCUT2D eigenvalue weighted by Crippen LogP contribution is -2.31. The van der Waals surface area contributed by atoms with Gasteiger partial charge in [0, 0.05) is 18.7 Å². The Bertz CT molecular complexity index is 362. The highest BCUT2D eigenvalue weighted by atomic mass is 16.3. The predicted octanol–water partition coefficient (Wildman–Crippen LogP) is 0.731. The van der Waals surface area contributed by atoms with E-state index in [1.807, 2.05) is 20.8 Å². The summed E-state index contributed by atoms with van der Waals surface area (Å²) in [6, 6.07) is 1.91. The molecule has 0 radical (unpaired) electrons. The van der Waals surface area contributed by atoms with Crippen molar-refractivity contribution in [3.05, 3.63) is 11.8 Å². The van der Waals surface area contributed by atoms with Crippen molar-refractivity contribution >= 4 is 11.7 Å². The van der Waals surface area contributed by atoms with Gasteiger partial charge in [-0.2, -0.15) is 5.10 Å². The first-order valence-electron chi connectivity index (χ1n) is 5.81. The van der Waals surface area contributed by atoms with Crippen molar-refractivity contribution in [1.29, 1.82) is 0 Å². The van der Waals surface area contributed by atoms with E-state index < -0.39 is 6.10 Å². The van der Waals surface area contributed by atoms with Crippen LogP contribution in [0.25, 0.3) is 0 Å². The fraction of sp³-hybridized carbons (Fsp3) is 0.636. The number of hydrogen-bond donors (Lipinski definition) is 4. The van der Waals surface area contributed by atoms with E-state index in [2.05, 4.69) is 20.8 Å². The molecule has 1 heterocycles. The molecule has 1 atom stereocenters. The number of carbonyl (C=O) groups excluding carboxylic acids is 1. The maximum Gasteiger partial charge on any atom is 0.269 e. The molecule has 1 aromatic rings. The monoisotopic (exact) mass is 240 g/mol. The number of carbonyl (C=O) groups is 1. The van der Waals surface area contributed by atoms with Gasteiger partial charge in [0.1, 0.15) is 11.5 Å². The zero-order valence-corrected chi connectivity index (χ0v) is 10.4. The Hall–Kier alpha value is -1.56. The molecule has 0 bridgehead atoms. The summed E-state index contributed by atoms with van der Waals surface area (Å²) in [5.41, 5.74) is 0.386. The molecule has 0 unspecified atom stereocenters. The van der Waals surface area contributed by atoms with Crippen LogP contribution < -0.4 is 10.6 Å². The molecule has 0 saturated carbocycles. The molecular formula is C11H20N4O2. The van der Waals surface area contributed by atoms with Gasteiger partial charge in [-0.25, -0.2) is 0 Å². The summed E-state index contributed by atoms with van der Waals surface area (Å²) < 4.78 is 0. The van der Waals surface area contributed by atoms with Crippen LogP contribution in [0, 0.1) is 0 Å². The van der Waals surface area contributed by atoms with Crippen molar-refractivity contribution in [2.45, 2.75) is 39.3 Å². The van der Waals surface area contributed by atoms with Gasteiger partial charge < -0.3 is 15.7 Å². The van der Waals surface area contributed by atoms with E-state index in [4.69, 9.17) is 0 Å². The Morgan fingerprint density at radius 3 is 2.88 bits per heavy atom. The highest BCUT2D eigenvalue weighted by Gasteiger charge is 2.11. The van der Waals surface area contributed by atoms with Gasteiger partial charge in [-0.05, 0) is 20.3 Å². The number of anilines is 1. The van der Waals surface area contributed by atoms with Crippen molar-refractivity contribution < 1.29 is 9.90 Å². The number of aromatic nitrogens is 2. The van der Waals surface area contributed by atoms with E-state index in [0.717, 1.165) is 0 Å². The third-order valence-corrected chi connectivity index (χ3v) is 2.23. The van der Waals surface area contributed by atoms with Gasteiger partial charge in [0.25, 0.3) is 5.91 Å². The fourth-order valence-electron chi connectivity index (χ4n) is 1.26. The first-order valence-corrected chi connectivity index (χ1v) is 5.81. The highest BCUT2D eigenvalue weighted by molar-refractivity contribution is 5.92. The highest BCUT2D eigenvalue weighted by Crippen LogP contribution is 2.06. The number of rotatable bonds is 6. The van der Waals surface area contributed by atoms with Crippen LogP contribution in [0.1, 0.15) is 37.7 Å². The van der Waals surface area contributed by atoms with Gasteiger partial charge in [0.15, 0.2) is 0 Å². The number of aliphatic hydroxyl groups is 1. The first-order chi connectivity index (χ1) is 8.02. The third-order valence-electron chi connectivity index (χ3n) is 2.23. The van der Waals surface area contributed by atoms with Crippen LogP contribution in [0.5, 0.6) is 0 Å². The van der Waals surface area contributed by atoms with Crippen LogP contribution in [-0.4, -0.2) is 39.9 Å². The zero-order valence-electron chi connectivity index (χ0n) is 10.4. The molecule has 0 fully saturated rings. The normalized spacial score (nSPS) is 12.5. The van der Waals surface area contributed by atoms with Gasteiger partial charge in [-0.3, -0.25) is 9.89 Å². The van der Waals surface area contributed by atoms with Crippen molar-refractivity contribution in [3.8, 4) is 0 Å². The second-order valence-corrected chi connectivity index (χ2v) is 4.24. The van der Waals surface area contributed by atoms with Crippen LogP contribution in [0.4, 0.5) is 5.82 Å². The molecule has 1 amide bonds. The van der Waals surface area contributed by atoms with Crippen molar-refractivity contribution in [3.63, 3.8) is 0 Å². The molecule has 96 valence electrons. The molecule has 17 heavy (non-hydrogen) atoms. The summed E-state index contributed by atoms with van der Waals surface area (Å²) in [4.78, 5) is 11.6. The van der Waals surface area contributed by atoms with Gasteiger partial charge >= 0.3 is 0 Å². The van der Waals surface area contributed by atoms with Gasteiger partial charge in [-0.1, -0.05) is 6.92 Å². The zero-order chi connectivity index (χ0) is 12.8. The molecule has 6 nitrogen and oxygen atoms in total. The predicted molar refractivity (Wildman–Crippen MR) is 66.0 cm³/mol. The Morgan fingerprint density at radius 1 is 1.59 bits per heavy atom. The van der Waals surface area contributed by atoms with E-state index in [9.17, 15) is 9.90 Å². The number of nitrogens with one attached hydrogen (secondary N) is 3. The quantitative estimate of drug-likeness (QED) is 0.590. The van der Waals surface area contributed by atoms with Crippen LogP contribution in [0.15, 0.2) is 6.07 Å². The van der Waals surface area contributed by atoms with Crippen molar-refractivity contribution in [1.82, 2.24) is 15.5 Å². The van der Waals surface area contributed by atoms with E-state index in [1.165, 1.54) is 0 Å². The molecule has 4 N–H and O–H groups in total. The third kappa shape index (κ3) is 4.44. The number of amides is 1. The molecule has 0 aliphatic carbocycles. The summed E-state index contributed by atoms with van der Waals surface area (Å²) in [5, 5.41) is 21.6. The average molecular weight is 240 g/mol. The Balaban J connectivity index is 2.49. The van der Waals surface area contributed by atoms with E-state index in [-0.39, 0.29) is 18.5 Å². The minimum absolute atomic E-state index is 0.251. The number of aliphatic hydroxyl groups excluding tert-OH is 1. The van der Waals surface area contributed by atoms with E-state index in [1.54, 1.807) is 6.07 Å². The molecule has 0 saturated heterocycles. The number of aromatic amines is 1. The number of hydrogen-bond acceptors (Lipinski definition) is 4. The Labute approximate surface area is 101 Å². The lowest BCUT2D eigenvalue weighted by Gasteiger charge is -2.08. The Kier molecular flexibility index (Phi) is 4.96. The molecular weight excluding hydrogens is 220 g/mol. The number of nitrogens with zero attached hydrogens (tertiary/aromatic N) is 1. The van der Waals surface area contributed by atoms with E-state index >= 15 is 0 Å². The second-order valence-electron chi connectivity index (χ2n) is 4.24. The van der Waals surface area contributed by atoms with Crippen LogP contribution in [-0.2, 0) is 0 Å². The lowest BCUT2D eigenvalue weighted by atomic mass is 10.3. The minimum Gasteiger partial charge on any atom is -0.391 e. The maximum atomic E-state index is 11.6. The van der Waals surface area contributed by atoms with Crippen molar-refractivity contribution in [2.75, 3.05) is 11.9 Å². The molecule has 0 spiro atoms. The van der Waals surface area contributed by atoms with Crippen LogP contribution in [0.2, 0.25) is 0 Å². The summed E-state index contributed by atoms with van der Waals surface area (Å²) in [6.45, 7) is 6.09. The average Bonchev–Trinajstić information content (AvgIpc) is 2.72. The molecule has 0 aliphatic heterocycles. The molecule has 0 aromatic carbocycles. The van der Waals surface area contributed by atoms with Gasteiger partial charge in [0.2, 0.25) is 0 Å². The summed E-state index contributed by atoms with van der Waals surface area (Å²) >= 11 is 0. The lowest BCUT2D eigenvalue weighted by molar-refractivity contribution is 0.0909. The van der Waals surface area contributed by atoms with Gasteiger partial charge in [0.05, 0.1) is 6.10 Å². The molecule has 1 rings (SSSR count). The minimum atomic E-state index is -0.505. The smallest absolute Gasteiger partial charge is 0.269 e. The maximum absolute atomic E-state index is 11.6. The van der Waals surface area contributed by atoms with Crippen LogP contribution in [0.3, 0.4) is 0 Å². The summed E-state index contributed by atoms with van der Waals surface area (Å²) in [5.74, 6) is 0.378. The fourth-order valence-corrected chi connectivity index (χ4v) is 1.26. The number of H-pyrrole nitrogens is 1.